The van der Waals surface area contributed by atoms with Crippen molar-refractivity contribution in [2.24, 2.45) is 0 Å². The molecule has 0 aliphatic carbocycles. The Kier molecular flexibility index (Phi) is 7.06. The van der Waals surface area contributed by atoms with Crippen molar-refractivity contribution in [3.05, 3.63) is 68.1 Å². The lowest BCUT2D eigenvalue weighted by atomic mass is 10.2. The number of nitrogens with zero attached hydrogens (tertiary/aromatic N) is 2. The topological polar surface area (TPSA) is 121 Å². The molecule has 0 fully saturated rings. The number of benzene rings is 2. The maximum absolute atomic E-state index is 13.2. The number of rotatable bonds is 7. The highest BCUT2D eigenvalue weighted by Gasteiger charge is 2.19. The van der Waals surface area contributed by atoms with E-state index in [-0.39, 0.29) is 16.5 Å². The van der Waals surface area contributed by atoms with E-state index in [0.717, 1.165) is 12.1 Å². The van der Waals surface area contributed by atoms with Gasteiger partial charge in [0.2, 0.25) is 0 Å². The second-order valence-electron chi connectivity index (χ2n) is 6.43. The number of carbonyl (C=O) groups excluding carboxylic acids is 2. The Hall–Kier alpha value is -3.50. The highest BCUT2D eigenvalue weighted by molar-refractivity contribution is 6.39. The van der Waals surface area contributed by atoms with Crippen molar-refractivity contribution in [3.8, 4) is 5.75 Å². The first kappa shape index (κ1) is 23.2. The lowest BCUT2D eigenvalue weighted by Crippen LogP contribution is -2.24. The molecule has 0 bridgehead atoms. The molecule has 0 radical (unpaired) electrons. The van der Waals surface area contributed by atoms with Gasteiger partial charge in [0.25, 0.3) is 11.6 Å². The van der Waals surface area contributed by atoms with Gasteiger partial charge in [-0.05, 0) is 37.3 Å². The summed E-state index contributed by atoms with van der Waals surface area (Å²) in [6.45, 7) is 0.426. The molecular formula is C20H14Cl2FN3O6. The van der Waals surface area contributed by atoms with E-state index in [1.165, 1.54) is 6.07 Å². The van der Waals surface area contributed by atoms with E-state index in [9.17, 15) is 24.1 Å². The van der Waals surface area contributed by atoms with Gasteiger partial charge in [-0.1, -0.05) is 23.2 Å². The standard InChI is InChI=1S/C20H14Cl2FN3O6/c1-10-2-4-12-13(21)7-14(22)20(19(12)24-10)32-9-18(28)31-8-17(27)25-15-5-3-11(23)6-16(15)26(29)30/h2-7H,8-9H2,1H3,(H,25,27). The van der Waals surface area contributed by atoms with Crippen LogP contribution >= 0.6 is 23.2 Å². The minimum Gasteiger partial charge on any atom is -0.478 e. The Morgan fingerprint density at radius 3 is 2.62 bits per heavy atom. The van der Waals surface area contributed by atoms with Gasteiger partial charge in [0, 0.05) is 11.1 Å². The summed E-state index contributed by atoms with van der Waals surface area (Å²) in [5, 5.41) is 14.2. The first-order valence-corrected chi connectivity index (χ1v) is 9.69. The number of aromatic nitrogens is 1. The van der Waals surface area contributed by atoms with Gasteiger partial charge in [0.1, 0.15) is 17.0 Å². The van der Waals surface area contributed by atoms with Crippen LogP contribution in [0.15, 0.2) is 36.4 Å². The van der Waals surface area contributed by atoms with Crippen LogP contribution in [0.1, 0.15) is 5.69 Å². The van der Waals surface area contributed by atoms with Gasteiger partial charge in [0.05, 0.1) is 21.0 Å². The molecule has 0 saturated carbocycles. The average molecular weight is 482 g/mol. The second kappa shape index (κ2) is 9.75. The van der Waals surface area contributed by atoms with Crippen LogP contribution in [0.4, 0.5) is 15.8 Å². The molecule has 2 aromatic carbocycles. The van der Waals surface area contributed by atoms with Crippen LogP contribution in [-0.4, -0.2) is 35.0 Å². The Bertz CT molecular complexity index is 1240. The molecule has 1 N–H and O–H groups in total. The van der Waals surface area contributed by atoms with E-state index in [4.69, 9.17) is 32.7 Å². The summed E-state index contributed by atoms with van der Waals surface area (Å²) >= 11 is 12.3. The zero-order valence-corrected chi connectivity index (χ0v) is 17.9. The van der Waals surface area contributed by atoms with Crippen molar-refractivity contribution in [1.29, 1.82) is 0 Å². The smallest absolute Gasteiger partial charge is 0.344 e. The van der Waals surface area contributed by atoms with Gasteiger partial charge in [-0.2, -0.15) is 0 Å². The van der Waals surface area contributed by atoms with Gasteiger partial charge >= 0.3 is 5.97 Å². The summed E-state index contributed by atoms with van der Waals surface area (Å²) < 4.78 is 23.4. The van der Waals surface area contributed by atoms with Crippen LogP contribution < -0.4 is 10.1 Å². The molecule has 1 amide bonds. The molecule has 32 heavy (non-hydrogen) atoms. The summed E-state index contributed by atoms with van der Waals surface area (Å²) in [6.07, 6.45) is 0. The molecule has 0 spiro atoms. The summed E-state index contributed by atoms with van der Waals surface area (Å²) in [4.78, 5) is 38.4. The molecule has 166 valence electrons. The van der Waals surface area contributed by atoms with Crippen molar-refractivity contribution < 1.29 is 28.4 Å². The molecule has 0 unspecified atom stereocenters. The fourth-order valence-corrected chi connectivity index (χ4v) is 3.26. The average Bonchev–Trinajstić information content (AvgIpc) is 2.73. The number of pyridine rings is 1. The van der Waals surface area contributed by atoms with Gasteiger partial charge in [0.15, 0.2) is 19.0 Å². The van der Waals surface area contributed by atoms with Crippen molar-refractivity contribution in [3.63, 3.8) is 0 Å². The van der Waals surface area contributed by atoms with Gasteiger partial charge in [-0.25, -0.2) is 14.2 Å². The predicted octanol–water partition coefficient (Wildman–Crippen LogP) is 4.46. The molecule has 0 saturated heterocycles. The van der Waals surface area contributed by atoms with Crippen LogP contribution in [0.25, 0.3) is 10.9 Å². The van der Waals surface area contributed by atoms with E-state index in [1.807, 2.05) is 0 Å². The highest BCUT2D eigenvalue weighted by atomic mass is 35.5. The van der Waals surface area contributed by atoms with Crippen molar-refractivity contribution >= 4 is 57.4 Å². The number of carbonyl (C=O) groups is 2. The number of halogens is 3. The third-order valence-electron chi connectivity index (χ3n) is 4.11. The molecule has 9 nitrogen and oxygen atoms in total. The second-order valence-corrected chi connectivity index (χ2v) is 7.25. The van der Waals surface area contributed by atoms with Crippen LogP contribution in [0.3, 0.4) is 0 Å². The van der Waals surface area contributed by atoms with Crippen LogP contribution in [0.2, 0.25) is 10.0 Å². The number of fused-ring (bicyclic) bond motifs is 1. The lowest BCUT2D eigenvalue weighted by Gasteiger charge is -2.12. The van der Waals surface area contributed by atoms with Crippen LogP contribution in [0, 0.1) is 22.9 Å². The molecule has 0 atom stereocenters. The van der Waals surface area contributed by atoms with Crippen molar-refractivity contribution in [1.82, 2.24) is 4.98 Å². The van der Waals surface area contributed by atoms with E-state index in [1.54, 1.807) is 19.1 Å². The number of nitro benzene ring substituents is 1. The van der Waals surface area contributed by atoms with E-state index >= 15 is 0 Å². The van der Waals surface area contributed by atoms with Gasteiger partial charge in [-0.3, -0.25) is 14.9 Å². The predicted molar refractivity (Wildman–Crippen MR) is 115 cm³/mol. The molecular weight excluding hydrogens is 468 g/mol. The van der Waals surface area contributed by atoms with Crippen molar-refractivity contribution in [2.45, 2.75) is 6.92 Å². The zero-order valence-electron chi connectivity index (χ0n) is 16.4. The maximum Gasteiger partial charge on any atom is 0.344 e. The number of nitro groups is 1. The normalized spacial score (nSPS) is 10.6. The third kappa shape index (κ3) is 5.40. The number of aryl methyl sites for hydroxylation is 1. The minimum absolute atomic E-state index is 0.123. The molecule has 0 aliphatic heterocycles. The molecule has 1 heterocycles. The maximum atomic E-state index is 13.2. The first-order valence-electron chi connectivity index (χ1n) is 8.93. The number of hydrogen-bond acceptors (Lipinski definition) is 7. The number of hydrogen-bond donors (Lipinski definition) is 1. The largest absolute Gasteiger partial charge is 0.478 e. The molecule has 0 aliphatic rings. The number of amides is 1. The Morgan fingerprint density at radius 2 is 1.91 bits per heavy atom. The Labute approximate surface area is 190 Å². The zero-order chi connectivity index (χ0) is 23.4. The number of esters is 1. The van der Waals surface area contributed by atoms with E-state index in [0.29, 0.717) is 27.7 Å². The molecule has 12 heteroatoms. The number of anilines is 1. The van der Waals surface area contributed by atoms with Gasteiger partial charge < -0.3 is 14.8 Å². The summed E-state index contributed by atoms with van der Waals surface area (Å²) in [6, 6.07) is 7.57. The molecule has 3 rings (SSSR count). The fourth-order valence-electron chi connectivity index (χ4n) is 2.69. The van der Waals surface area contributed by atoms with Crippen molar-refractivity contribution in [2.75, 3.05) is 18.5 Å². The minimum atomic E-state index is -0.902. The third-order valence-corrected chi connectivity index (χ3v) is 4.70. The van der Waals surface area contributed by atoms with Crippen LogP contribution in [0.5, 0.6) is 5.75 Å². The highest BCUT2D eigenvalue weighted by Crippen LogP contribution is 2.37. The fraction of sp³-hybridized carbons (Fsp3) is 0.150. The summed E-state index contributed by atoms with van der Waals surface area (Å²) in [5.74, 6) is -2.48. The first-order chi connectivity index (χ1) is 15.2. The monoisotopic (exact) mass is 481 g/mol. The Balaban J connectivity index is 1.61. The number of nitrogens with one attached hydrogen (secondary N) is 1. The van der Waals surface area contributed by atoms with E-state index < -0.39 is 41.5 Å². The lowest BCUT2D eigenvalue weighted by molar-refractivity contribution is -0.384. The molecule has 1 aromatic heterocycles. The quantitative estimate of drug-likeness (QED) is 0.300. The van der Waals surface area contributed by atoms with Gasteiger partial charge in [-0.15, -0.1) is 0 Å². The Morgan fingerprint density at radius 1 is 1.16 bits per heavy atom. The SMILES string of the molecule is Cc1ccc2c(Cl)cc(Cl)c(OCC(=O)OCC(=O)Nc3ccc(F)cc3[N+](=O)[O-])c2n1. The molecule has 3 aromatic rings. The summed E-state index contributed by atoms with van der Waals surface area (Å²) in [5.41, 5.74) is 0.154. The summed E-state index contributed by atoms with van der Waals surface area (Å²) in [7, 11) is 0. The number of ether oxygens (including phenoxy) is 2. The van der Waals surface area contributed by atoms with E-state index in [2.05, 4.69) is 10.3 Å². The van der Waals surface area contributed by atoms with Crippen LogP contribution in [-0.2, 0) is 14.3 Å².